The zero-order valence-electron chi connectivity index (χ0n) is 17.8. The van der Waals surface area contributed by atoms with Gasteiger partial charge in [0, 0.05) is 55.5 Å². The summed E-state index contributed by atoms with van der Waals surface area (Å²) >= 11 is 0. The average molecular weight is 422 g/mol. The van der Waals surface area contributed by atoms with Crippen LogP contribution in [0.1, 0.15) is 21.6 Å². The Balaban J connectivity index is 1.57. The van der Waals surface area contributed by atoms with Gasteiger partial charge in [0.25, 0.3) is 5.91 Å². The lowest BCUT2D eigenvalue weighted by Gasteiger charge is -2.19. The summed E-state index contributed by atoms with van der Waals surface area (Å²) in [5.41, 5.74) is 4.03. The minimum Gasteiger partial charge on any atom is -0.508 e. The molecule has 2 heterocycles. The van der Waals surface area contributed by atoms with E-state index in [1.807, 2.05) is 23.7 Å². The fourth-order valence-electron chi connectivity index (χ4n) is 4.05. The van der Waals surface area contributed by atoms with E-state index in [1.54, 1.807) is 54.2 Å². The SMILES string of the molecule is CN(Cc1cc2cc(O)ccc2n1C)C(=O)c1ccc2c(c1)CN(C)C(=O)C(CO)N2. The van der Waals surface area contributed by atoms with Crippen molar-refractivity contribution in [2.45, 2.75) is 19.1 Å². The number of fused-ring (bicyclic) bond motifs is 2. The zero-order chi connectivity index (χ0) is 22.3. The monoisotopic (exact) mass is 422 g/mol. The summed E-state index contributed by atoms with van der Waals surface area (Å²) < 4.78 is 2.01. The molecule has 1 aliphatic rings. The molecule has 1 atom stereocenters. The number of hydrogen-bond donors (Lipinski definition) is 3. The summed E-state index contributed by atoms with van der Waals surface area (Å²) in [5, 5.41) is 23.2. The molecule has 0 bridgehead atoms. The summed E-state index contributed by atoms with van der Waals surface area (Å²) in [6, 6.07) is 11.8. The van der Waals surface area contributed by atoms with Crippen molar-refractivity contribution < 1.29 is 19.8 Å². The van der Waals surface area contributed by atoms with Gasteiger partial charge < -0.3 is 29.9 Å². The first-order valence-corrected chi connectivity index (χ1v) is 10.1. The van der Waals surface area contributed by atoms with Gasteiger partial charge >= 0.3 is 0 Å². The maximum atomic E-state index is 13.1. The van der Waals surface area contributed by atoms with Gasteiger partial charge in [-0.25, -0.2) is 0 Å². The van der Waals surface area contributed by atoms with Gasteiger partial charge in [-0.15, -0.1) is 0 Å². The van der Waals surface area contributed by atoms with Crippen molar-refractivity contribution in [3.8, 4) is 5.75 Å². The van der Waals surface area contributed by atoms with E-state index in [0.29, 0.717) is 18.7 Å². The third-order valence-electron chi connectivity index (χ3n) is 5.82. The lowest BCUT2D eigenvalue weighted by atomic mass is 10.1. The second-order valence-corrected chi connectivity index (χ2v) is 8.04. The van der Waals surface area contributed by atoms with Crippen molar-refractivity contribution in [2.75, 3.05) is 26.0 Å². The molecule has 1 unspecified atom stereocenters. The first kappa shape index (κ1) is 20.7. The molecule has 8 nitrogen and oxygen atoms in total. The van der Waals surface area contributed by atoms with Gasteiger partial charge in [0.05, 0.1) is 13.2 Å². The van der Waals surface area contributed by atoms with E-state index in [4.69, 9.17) is 0 Å². The molecule has 162 valence electrons. The molecule has 3 N–H and O–H groups in total. The van der Waals surface area contributed by atoms with E-state index in [0.717, 1.165) is 27.8 Å². The highest BCUT2D eigenvalue weighted by atomic mass is 16.3. The largest absolute Gasteiger partial charge is 0.508 e. The normalized spacial score (nSPS) is 16.1. The first-order chi connectivity index (χ1) is 14.8. The Hall–Kier alpha value is -3.52. The van der Waals surface area contributed by atoms with Gasteiger partial charge in [0.15, 0.2) is 0 Å². The Bertz CT molecular complexity index is 1170. The Morgan fingerprint density at radius 3 is 2.71 bits per heavy atom. The molecule has 3 aromatic rings. The van der Waals surface area contributed by atoms with Crippen LogP contribution in [0.3, 0.4) is 0 Å². The van der Waals surface area contributed by atoms with Crippen molar-refractivity contribution in [1.82, 2.24) is 14.4 Å². The van der Waals surface area contributed by atoms with E-state index in [9.17, 15) is 19.8 Å². The highest BCUT2D eigenvalue weighted by molar-refractivity contribution is 5.95. The number of amides is 2. The molecule has 8 heteroatoms. The Morgan fingerprint density at radius 2 is 1.97 bits per heavy atom. The van der Waals surface area contributed by atoms with Gasteiger partial charge in [-0.2, -0.15) is 0 Å². The number of nitrogens with zero attached hydrogens (tertiary/aromatic N) is 3. The summed E-state index contributed by atoms with van der Waals surface area (Å²) in [4.78, 5) is 28.6. The fourth-order valence-corrected chi connectivity index (χ4v) is 4.05. The molecule has 4 rings (SSSR count). The molecule has 0 fully saturated rings. The van der Waals surface area contributed by atoms with Gasteiger partial charge in [-0.05, 0) is 48.0 Å². The van der Waals surface area contributed by atoms with E-state index in [1.165, 1.54) is 0 Å². The van der Waals surface area contributed by atoms with Crippen LogP contribution in [-0.4, -0.2) is 63.1 Å². The number of likely N-dealkylation sites (N-methyl/N-ethyl adjacent to an activating group) is 1. The van der Waals surface area contributed by atoms with E-state index in [2.05, 4.69) is 5.32 Å². The minimum absolute atomic E-state index is 0.132. The Labute approximate surface area is 180 Å². The van der Waals surface area contributed by atoms with Crippen LogP contribution < -0.4 is 5.32 Å². The number of aromatic nitrogens is 1. The highest BCUT2D eigenvalue weighted by Crippen LogP contribution is 2.26. The van der Waals surface area contributed by atoms with Gasteiger partial charge in [0.2, 0.25) is 5.91 Å². The molecule has 2 aromatic carbocycles. The molecular weight excluding hydrogens is 396 g/mol. The summed E-state index contributed by atoms with van der Waals surface area (Å²) in [7, 11) is 5.37. The maximum Gasteiger partial charge on any atom is 0.253 e. The number of anilines is 1. The topological polar surface area (TPSA) is 98.0 Å². The third-order valence-corrected chi connectivity index (χ3v) is 5.82. The van der Waals surface area contributed by atoms with Gasteiger partial charge in [-0.3, -0.25) is 9.59 Å². The predicted molar refractivity (Wildman–Crippen MR) is 118 cm³/mol. The van der Waals surface area contributed by atoms with Gasteiger partial charge in [-0.1, -0.05) is 0 Å². The summed E-state index contributed by atoms with van der Waals surface area (Å²) in [5.74, 6) is -0.113. The van der Waals surface area contributed by atoms with Crippen LogP contribution in [0.5, 0.6) is 5.75 Å². The van der Waals surface area contributed by atoms with Crippen LogP contribution in [0.2, 0.25) is 0 Å². The second-order valence-electron chi connectivity index (χ2n) is 8.04. The lowest BCUT2D eigenvalue weighted by molar-refractivity contribution is -0.131. The van der Waals surface area contributed by atoms with E-state index < -0.39 is 6.04 Å². The number of aliphatic hydroxyl groups is 1. The molecule has 0 saturated carbocycles. The van der Waals surface area contributed by atoms with Crippen molar-refractivity contribution in [3.63, 3.8) is 0 Å². The number of benzene rings is 2. The number of carbonyl (C=O) groups is 2. The number of hydrogen-bond acceptors (Lipinski definition) is 5. The molecule has 1 aromatic heterocycles. The minimum atomic E-state index is -0.693. The smallest absolute Gasteiger partial charge is 0.253 e. The second kappa shape index (κ2) is 7.96. The number of phenolic OH excluding ortho intramolecular Hbond substituents is 1. The van der Waals surface area contributed by atoms with Crippen molar-refractivity contribution >= 4 is 28.4 Å². The number of nitrogens with one attached hydrogen (secondary N) is 1. The van der Waals surface area contributed by atoms with Crippen LogP contribution in [0.4, 0.5) is 5.69 Å². The standard InChI is InChI=1S/C23H26N4O4/c1-25-11-16-8-14(4-6-19(16)24-20(13-28)23(25)31)22(30)26(2)12-17-9-15-10-18(29)5-7-21(15)27(17)3/h4-10,20,24,28-29H,11-13H2,1-3H3. The van der Waals surface area contributed by atoms with E-state index in [-0.39, 0.29) is 24.2 Å². The fraction of sp³-hybridized carbons (Fsp3) is 0.304. The molecule has 1 aliphatic heterocycles. The molecule has 0 spiro atoms. The zero-order valence-corrected chi connectivity index (χ0v) is 17.8. The number of carbonyl (C=O) groups excluding carboxylic acids is 2. The third kappa shape index (κ3) is 3.82. The quantitative estimate of drug-likeness (QED) is 0.597. The van der Waals surface area contributed by atoms with E-state index >= 15 is 0 Å². The number of aromatic hydroxyl groups is 1. The lowest BCUT2D eigenvalue weighted by Crippen LogP contribution is -2.40. The first-order valence-electron chi connectivity index (χ1n) is 10.1. The average Bonchev–Trinajstić information content (AvgIpc) is 2.98. The van der Waals surface area contributed by atoms with Crippen molar-refractivity contribution in [1.29, 1.82) is 0 Å². The Morgan fingerprint density at radius 1 is 1.19 bits per heavy atom. The van der Waals surface area contributed by atoms with Crippen LogP contribution in [-0.2, 0) is 24.9 Å². The highest BCUT2D eigenvalue weighted by Gasteiger charge is 2.27. The molecule has 0 radical (unpaired) electrons. The number of aliphatic hydroxyl groups excluding tert-OH is 1. The maximum absolute atomic E-state index is 13.1. The number of aryl methyl sites for hydroxylation is 1. The molecule has 0 saturated heterocycles. The Kier molecular flexibility index (Phi) is 5.32. The summed E-state index contributed by atoms with van der Waals surface area (Å²) in [6.07, 6.45) is 0. The van der Waals surface area contributed by atoms with Gasteiger partial charge in [0.1, 0.15) is 11.8 Å². The van der Waals surface area contributed by atoms with Crippen molar-refractivity contribution in [2.24, 2.45) is 7.05 Å². The molecule has 31 heavy (non-hydrogen) atoms. The number of rotatable bonds is 4. The molecule has 2 amide bonds. The van der Waals surface area contributed by atoms with Crippen LogP contribution in [0.25, 0.3) is 10.9 Å². The van der Waals surface area contributed by atoms with Crippen LogP contribution >= 0.6 is 0 Å². The summed E-state index contributed by atoms with van der Waals surface area (Å²) in [6.45, 7) is 0.467. The molecule has 0 aliphatic carbocycles. The molecular formula is C23H26N4O4. The van der Waals surface area contributed by atoms with Crippen LogP contribution in [0, 0.1) is 0 Å². The predicted octanol–water partition coefficient (Wildman–Crippen LogP) is 1.90. The van der Waals surface area contributed by atoms with Crippen molar-refractivity contribution in [3.05, 3.63) is 59.3 Å². The number of phenols is 1. The van der Waals surface area contributed by atoms with Crippen LogP contribution in [0.15, 0.2) is 42.5 Å².